The molecule has 0 unspecified atom stereocenters. The summed E-state index contributed by atoms with van der Waals surface area (Å²) in [4.78, 5) is 10.8. The van der Waals surface area contributed by atoms with Crippen molar-refractivity contribution >= 4 is 0 Å². The Morgan fingerprint density at radius 1 is 1.41 bits per heavy atom. The Bertz CT molecular complexity index is 628. The molecule has 4 rings (SSSR count). The lowest BCUT2D eigenvalue weighted by Crippen LogP contribution is -2.41. The third kappa shape index (κ3) is 2.76. The molecule has 0 radical (unpaired) electrons. The zero-order valence-electron chi connectivity index (χ0n) is 12.8. The predicted molar refractivity (Wildman–Crippen MR) is 80.9 cm³/mol. The summed E-state index contributed by atoms with van der Waals surface area (Å²) in [6.45, 7) is 3.09. The van der Waals surface area contributed by atoms with Crippen LogP contribution in [-0.2, 0) is 18.3 Å². The van der Waals surface area contributed by atoms with E-state index in [0.717, 1.165) is 31.7 Å². The lowest BCUT2D eigenvalue weighted by molar-refractivity contribution is -0.0106. The molecule has 6 nitrogen and oxygen atoms in total. The maximum atomic E-state index is 6.27. The molecule has 6 heteroatoms. The first-order valence-corrected chi connectivity index (χ1v) is 7.89. The van der Waals surface area contributed by atoms with E-state index in [4.69, 9.17) is 4.74 Å². The van der Waals surface area contributed by atoms with Crippen molar-refractivity contribution in [1.29, 1.82) is 0 Å². The molecule has 0 aliphatic carbocycles. The maximum Gasteiger partial charge on any atom is 0.115 e. The van der Waals surface area contributed by atoms with Gasteiger partial charge in [-0.3, -0.25) is 9.58 Å². The first-order chi connectivity index (χ1) is 10.8. The molecule has 0 bridgehead atoms. The number of fused-ring (bicyclic) bond motifs is 1. The lowest BCUT2D eigenvalue weighted by Gasteiger charge is -2.33. The third-order valence-electron chi connectivity index (χ3n) is 4.74. The molecular formula is C16H21N5O. The summed E-state index contributed by atoms with van der Waals surface area (Å²) >= 11 is 0. The highest BCUT2D eigenvalue weighted by atomic mass is 16.5. The van der Waals surface area contributed by atoms with Crippen LogP contribution in [0.25, 0.3) is 0 Å². The van der Waals surface area contributed by atoms with E-state index in [2.05, 4.69) is 26.2 Å². The molecule has 0 aromatic carbocycles. The molecule has 0 saturated carbocycles. The van der Waals surface area contributed by atoms with Gasteiger partial charge in [-0.1, -0.05) is 0 Å². The Morgan fingerprint density at radius 3 is 3.14 bits per heavy atom. The average Bonchev–Trinajstić information content (AvgIpc) is 3.14. The number of hydrogen-bond acceptors (Lipinski definition) is 5. The minimum Gasteiger partial charge on any atom is -0.367 e. The van der Waals surface area contributed by atoms with E-state index in [1.807, 2.05) is 24.0 Å². The second kappa shape index (κ2) is 5.78. The van der Waals surface area contributed by atoms with Crippen LogP contribution in [0.5, 0.6) is 0 Å². The molecule has 2 fully saturated rings. The molecule has 2 aliphatic heterocycles. The molecule has 3 atom stereocenters. The van der Waals surface area contributed by atoms with Gasteiger partial charge in [-0.05, 0) is 31.4 Å². The molecule has 2 aromatic heterocycles. The van der Waals surface area contributed by atoms with Crippen LogP contribution >= 0.6 is 0 Å². The molecule has 116 valence electrons. The molecule has 2 aromatic rings. The molecule has 0 spiro atoms. The van der Waals surface area contributed by atoms with Gasteiger partial charge in [0.25, 0.3) is 0 Å². The van der Waals surface area contributed by atoms with Crippen molar-refractivity contribution in [2.45, 2.75) is 31.6 Å². The minimum absolute atomic E-state index is 0.136. The molecule has 2 saturated heterocycles. The standard InChI is InChI=1S/C16H21N5O/c1-20-8-12(7-19-20)9-21-5-3-13-6-15(22-16(13)10-21)14-2-4-17-11-18-14/h2,4,7-8,11,13,15-16H,3,5-6,9-10H2,1H3/t13-,15+,16+/m1/s1. The third-order valence-corrected chi connectivity index (χ3v) is 4.74. The smallest absolute Gasteiger partial charge is 0.115 e. The molecule has 2 aliphatic rings. The quantitative estimate of drug-likeness (QED) is 0.861. The fourth-order valence-corrected chi connectivity index (χ4v) is 3.63. The highest BCUT2D eigenvalue weighted by molar-refractivity contribution is 5.07. The predicted octanol–water partition coefficient (Wildman–Crippen LogP) is 1.56. The van der Waals surface area contributed by atoms with Crippen LogP contribution in [0, 0.1) is 5.92 Å². The number of aromatic nitrogens is 4. The average molecular weight is 299 g/mol. The van der Waals surface area contributed by atoms with Crippen LogP contribution in [0.2, 0.25) is 0 Å². The number of aryl methyl sites for hydroxylation is 1. The second-order valence-electron chi connectivity index (χ2n) is 6.34. The number of ether oxygens (including phenoxy) is 1. The van der Waals surface area contributed by atoms with E-state index in [1.54, 1.807) is 12.5 Å². The Hall–Kier alpha value is -1.79. The first-order valence-electron chi connectivity index (χ1n) is 7.89. The van der Waals surface area contributed by atoms with Crippen molar-refractivity contribution in [3.63, 3.8) is 0 Å². The van der Waals surface area contributed by atoms with Crippen molar-refractivity contribution < 1.29 is 4.74 Å². The number of hydrogen-bond donors (Lipinski definition) is 0. The monoisotopic (exact) mass is 299 g/mol. The fourth-order valence-electron chi connectivity index (χ4n) is 3.63. The van der Waals surface area contributed by atoms with Gasteiger partial charge in [0.15, 0.2) is 0 Å². The maximum absolute atomic E-state index is 6.27. The van der Waals surface area contributed by atoms with Gasteiger partial charge in [0.1, 0.15) is 12.4 Å². The van der Waals surface area contributed by atoms with Gasteiger partial charge in [0.2, 0.25) is 0 Å². The zero-order valence-corrected chi connectivity index (χ0v) is 12.8. The van der Waals surface area contributed by atoms with Gasteiger partial charge in [0.05, 0.1) is 18.0 Å². The summed E-state index contributed by atoms with van der Waals surface area (Å²) in [7, 11) is 1.96. The highest BCUT2D eigenvalue weighted by Gasteiger charge is 2.40. The van der Waals surface area contributed by atoms with Gasteiger partial charge >= 0.3 is 0 Å². The van der Waals surface area contributed by atoms with Gasteiger partial charge in [-0.2, -0.15) is 5.10 Å². The summed E-state index contributed by atoms with van der Waals surface area (Å²) in [5.41, 5.74) is 2.29. The van der Waals surface area contributed by atoms with Gasteiger partial charge in [-0.15, -0.1) is 0 Å². The largest absolute Gasteiger partial charge is 0.367 e. The first kappa shape index (κ1) is 13.8. The van der Waals surface area contributed by atoms with Crippen LogP contribution in [0.4, 0.5) is 0 Å². The summed E-state index contributed by atoms with van der Waals surface area (Å²) in [6.07, 6.45) is 10.2. The number of nitrogens with zero attached hydrogens (tertiary/aromatic N) is 5. The SMILES string of the molecule is Cn1cc(CN2CC[C@@H]3C[C@@H](c4ccncn4)O[C@H]3C2)cn1. The molecule has 0 N–H and O–H groups in total. The zero-order chi connectivity index (χ0) is 14.9. The van der Waals surface area contributed by atoms with Crippen LogP contribution in [0.1, 0.15) is 30.2 Å². The second-order valence-corrected chi connectivity index (χ2v) is 6.34. The van der Waals surface area contributed by atoms with Gasteiger partial charge in [-0.25, -0.2) is 9.97 Å². The number of rotatable bonds is 3. The molecule has 0 amide bonds. The number of likely N-dealkylation sites (tertiary alicyclic amines) is 1. The van der Waals surface area contributed by atoms with E-state index in [1.165, 1.54) is 12.0 Å². The van der Waals surface area contributed by atoms with Crippen molar-refractivity contribution in [2.75, 3.05) is 13.1 Å². The van der Waals surface area contributed by atoms with Crippen molar-refractivity contribution in [3.8, 4) is 0 Å². The minimum atomic E-state index is 0.136. The Balaban J connectivity index is 1.39. The van der Waals surface area contributed by atoms with Gasteiger partial charge < -0.3 is 4.74 Å². The summed E-state index contributed by atoms with van der Waals surface area (Å²) < 4.78 is 8.13. The lowest BCUT2D eigenvalue weighted by atomic mass is 9.91. The normalized spacial score (nSPS) is 28.7. The Labute approximate surface area is 130 Å². The molecule has 22 heavy (non-hydrogen) atoms. The van der Waals surface area contributed by atoms with E-state index in [0.29, 0.717) is 12.0 Å². The van der Waals surface area contributed by atoms with Crippen LogP contribution in [0.15, 0.2) is 31.0 Å². The molecular weight excluding hydrogens is 278 g/mol. The van der Waals surface area contributed by atoms with Crippen LogP contribution < -0.4 is 0 Å². The fraction of sp³-hybridized carbons (Fsp3) is 0.562. The van der Waals surface area contributed by atoms with E-state index < -0.39 is 0 Å². The van der Waals surface area contributed by atoms with Crippen molar-refractivity contribution in [1.82, 2.24) is 24.6 Å². The van der Waals surface area contributed by atoms with Crippen molar-refractivity contribution in [2.24, 2.45) is 13.0 Å². The topological polar surface area (TPSA) is 56.1 Å². The Kier molecular flexibility index (Phi) is 3.63. The van der Waals surface area contributed by atoms with E-state index in [9.17, 15) is 0 Å². The summed E-state index contributed by atoms with van der Waals surface area (Å²) in [5.74, 6) is 0.658. The van der Waals surface area contributed by atoms with E-state index >= 15 is 0 Å². The van der Waals surface area contributed by atoms with Crippen LogP contribution in [0.3, 0.4) is 0 Å². The summed E-state index contributed by atoms with van der Waals surface area (Å²) in [5, 5.41) is 4.24. The van der Waals surface area contributed by atoms with Crippen molar-refractivity contribution in [3.05, 3.63) is 42.2 Å². The molecule has 4 heterocycles. The summed E-state index contributed by atoms with van der Waals surface area (Å²) in [6, 6.07) is 1.97. The van der Waals surface area contributed by atoms with Crippen LogP contribution in [-0.4, -0.2) is 43.8 Å². The Morgan fingerprint density at radius 2 is 2.36 bits per heavy atom. The van der Waals surface area contributed by atoms with E-state index in [-0.39, 0.29) is 6.10 Å². The highest BCUT2D eigenvalue weighted by Crippen LogP contribution is 2.40. The number of piperidine rings is 1. The van der Waals surface area contributed by atoms with Gasteiger partial charge in [0, 0.05) is 38.1 Å².